The van der Waals surface area contributed by atoms with E-state index in [1.54, 1.807) is 17.8 Å². The molecule has 0 radical (unpaired) electrons. The molecular weight excluding hydrogens is 516 g/mol. The Morgan fingerprint density at radius 2 is 1.79 bits per heavy atom. The number of ether oxygens (including phenoxy) is 3. The fraction of sp³-hybridized carbons (Fsp3) is 0.267. The maximum absolute atomic E-state index is 12.0. The molecule has 0 bridgehead atoms. The van der Waals surface area contributed by atoms with Crippen molar-refractivity contribution in [3.05, 3.63) is 102 Å². The summed E-state index contributed by atoms with van der Waals surface area (Å²) in [5.74, 6) is 0.583. The molecule has 0 unspecified atom stereocenters. The first-order valence-corrected chi connectivity index (χ1v) is 13.6. The summed E-state index contributed by atoms with van der Waals surface area (Å²) in [5, 5.41) is 14.9. The highest BCUT2D eigenvalue weighted by molar-refractivity contribution is 7.99. The van der Waals surface area contributed by atoms with Gasteiger partial charge < -0.3 is 24.6 Å². The standard InChI is InChI=1S/C30H32N2O6S/c1-3-15-36-30(35)32-25-6-4-5-23(16-25)29-37-26(17-28(38-29)22-9-7-21(18-33)8-10-22)19-39-27-13-11-24(12-14-27)31-20(2)34/h3-14,16,26,28-29,33H,1,15,17-19H2,2H3,(H,31,34)(H,32,35)/t26-,28+,29+/m0/s1. The summed E-state index contributed by atoms with van der Waals surface area (Å²) in [6.07, 6.45) is 0.581. The zero-order chi connectivity index (χ0) is 27.6. The fourth-order valence-electron chi connectivity index (χ4n) is 4.10. The van der Waals surface area contributed by atoms with Gasteiger partial charge in [0.2, 0.25) is 5.91 Å². The molecule has 39 heavy (non-hydrogen) atoms. The number of thioether (sulfide) groups is 1. The summed E-state index contributed by atoms with van der Waals surface area (Å²) in [4.78, 5) is 24.4. The van der Waals surface area contributed by atoms with Crippen LogP contribution in [0.3, 0.4) is 0 Å². The van der Waals surface area contributed by atoms with Gasteiger partial charge in [0.25, 0.3) is 0 Å². The third kappa shape index (κ3) is 8.43. The zero-order valence-electron chi connectivity index (χ0n) is 21.7. The van der Waals surface area contributed by atoms with Crippen molar-refractivity contribution in [2.24, 2.45) is 0 Å². The lowest BCUT2D eigenvalue weighted by atomic mass is 10.0. The van der Waals surface area contributed by atoms with Gasteiger partial charge in [-0.25, -0.2) is 4.79 Å². The van der Waals surface area contributed by atoms with E-state index >= 15 is 0 Å². The van der Waals surface area contributed by atoms with Gasteiger partial charge in [0.05, 0.1) is 18.8 Å². The topological polar surface area (TPSA) is 106 Å². The molecule has 8 nitrogen and oxygen atoms in total. The minimum Gasteiger partial charge on any atom is -0.445 e. The zero-order valence-corrected chi connectivity index (χ0v) is 22.5. The van der Waals surface area contributed by atoms with Crippen molar-refractivity contribution in [2.75, 3.05) is 23.0 Å². The fourth-order valence-corrected chi connectivity index (χ4v) is 5.02. The van der Waals surface area contributed by atoms with Crippen LogP contribution in [0.2, 0.25) is 0 Å². The highest BCUT2D eigenvalue weighted by Gasteiger charge is 2.32. The van der Waals surface area contributed by atoms with Gasteiger partial charge in [0.15, 0.2) is 6.29 Å². The summed E-state index contributed by atoms with van der Waals surface area (Å²) >= 11 is 1.67. The van der Waals surface area contributed by atoms with E-state index in [9.17, 15) is 14.7 Å². The highest BCUT2D eigenvalue weighted by atomic mass is 32.2. The van der Waals surface area contributed by atoms with E-state index in [-0.39, 0.29) is 31.3 Å². The summed E-state index contributed by atoms with van der Waals surface area (Å²) < 4.78 is 17.8. The first kappa shape index (κ1) is 28.4. The molecule has 1 aliphatic rings. The van der Waals surface area contributed by atoms with Crippen LogP contribution in [0.5, 0.6) is 0 Å². The average Bonchev–Trinajstić information content (AvgIpc) is 2.95. The van der Waals surface area contributed by atoms with Crippen LogP contribution in [0.1, 0.15) is 42.4 Å². The molecule has 3 atom stereocenters. The lowest BCUT2D eigenvalue weighted by Crippen LogP contribution is -2.31. The lowest BCUT2D eigenvalue weighted by molar-refractivity contribution is -0.245. The SMILES string of the molecule is C=CCOC(=O)Nc1cccc([C@@H]2O[C@H](CSc3ccc(NC(C)=O)cc3)C[C@H](c3ccc(CO)cc3)O2)c1. The summed E-state index contributed by atoms with van der Waals surface area (Å²) in [6.45, 7) is 5.12. The number of aliphatic hydroxyl groups excluding tert-OH is 1. The van der Waals surface area contributed by atoms with Crippen LogP contribution in [0.25, 0.3) is 0 Å². The van der Waals surface area contributed by atoms with Gasteiger partial charge in [-0.2, -0.15) is 0 Å². The number of benzene rings is 3. The molecule has 9 heteroatoms. The van der Waals surface area contributed by atoms with Gasteiger partial charge >= 0.3 is 6.09 Å². The van der Waals surface area contributed by atoms with Crippen molar-refractivity contribution >= 4 is 35.1 Å². The Morgan fingerprint density at radius 3 is 2.49 bits per heavy atom. The molecule has 0 saturated carbocycles. The second-order valence-corrected chi connectivity index (χ2v) is 10.1. The number of anilines is 2. The lowest BCUT2D eigenvalue weighted by Gasteiger charge is -2.36. The van der Waals surface area contributed by atoms with E-state index in [2.05, 4.69) is 17.2 Å². The molecule has 1 heterocycles. The van der Waals surface area contributed by atoms with Crippen LogP contribution in [0.4, 0.5) is 16.2 Å². The van der Waals surface area contributed by atoms with Crippen molar-refractivity contribution in [3.8, 4) is 0 Å². The summed E-state index contributed by atoms with van der Waals surface area (Å²) in [6, 6.07) is 22.7. The monoisotopic (exact) mass is 548 g/mol. The molecule has 1 saturated heterocycles. The van der Waals surface area contributed by atoms with Gasteiger partial charge in [-0.1, -0.05) is 49.1 Å². The van der Waals surface area contributed by atoms with E-state index in [1.807, 2.05) is 66.7 Å². The Hall–Kier alpha value is -3.63. The van der Waals surface area contributed by atoms with Gasteiger partial charge in [-0.05, 0) is 47.5 Å². The first-order valence-electron chi connectivity index (χ1n) is 12.6. The number of rotatable bonds is 10. The van der Waals surface area contributed by atoms with Crippen LogP contribution >= 0.6 is 11.8 Å². The van der Waals surface area contributed by atoms with E-state index < -0.39 is 12.4 Å². The maximum Gasteiger partial charge on any atom is 0.411 e. The molecule has 4 rings (SSSR count). The summed E-state index contributed by atoms with van der Waals surface area (Å²) in [5.41, 5.74) is 3.91. The van der Waals surface area contributed by atoms with E-state index in [0.717, 1.165) is 27.3 Å². The number of hydrogen-bond donors (Lipinski definition) is 3. The number of carbonyl (C=O) groups is 2. The Kier molecular flexibility index (Phi) is 10.2. The molecule has 3 aromatic rings. The van der Waals surface area contributed by atoms with Gasteiger partial charge in [0.1, 0.15) is 6.61 Å². The smallest absolute Gasteiger partial charge is 0.411 e. The number of hydrogen-bond acceptors (Lipinski definition) is 7. The minimum atomic E-state index is -0.653. The Bertz CT molecular complexity index is 1270. The predicted octanol–water partition coefficient (Wildman–Crippen LogP) is 6.21. The van der Waals surface area contributed by atoms with E-state index in [1.165, 1.54) is 13.0 Å². The van der Waals surface area contributed by atoms with Crippen molar-refractivity contribution in [3.63, 3.8) is 0 Å². The van der Waals surface area contributed by atoms with Crippen LogP contribution in [-0.4, -0.2) is 35.6 Å². The number of amides is 2. The third-order valence-corrected chi connectivity index (χ3v) is 7.11. The summed E-state index contributed by atoms with van der Waals surface area (Å²) in [7, 11) is 0. The second-order valence-electron chi connectivity index (χ2n) is 9.00. The van der Waals surface area contributed by atoms with Crippen LogP contribution < -0.4 is 10.6 Å². The molecule has 1 fully saturated rings. The normalized spacial score (nSPS) is 18.7. The molecule has 204 valence electrons. The van der Waals surface area contributed by atoms with Crippen molar-refractivity contribution < 1.29 is 28.9 Å². The number of nitrogens with one attached hydrogen (secondary N) is 2. The van der Waals surface area contributed by atoms with Gasteiger partial charge in [0, 0.05) is 40.9 Å². The highest BCUT2D eigenvalue weighted by Crippen LogP contribution is 2.40. The minimum absolute atomic E-state index is 0.0213. The molecule has 1 aliphatic heterocycles. The molecule has 0 spiro atoms. The van der Waals surface area contributed by atoms with Crippen molar-refractivity contribution in [1.29, 1.82) is 0 Å². The van der Waals surface area contributed by atoms with Crippen LogP contribution in [0.15, 0.2) is 90.3 Å². The van der Waals surface area contributed by atoms with E-state index in [4.69, 9.17) is 14.2 Å². The number of aliphatic hydroxyl groups is 1. The van der Waals surface area contributed by atoms with Crippen molar-refractivity contribution in [2.45, 2.75) is 43.3 Å². The molecule has 3 aromatic carbocycles. The predicted molar refractivity (Wildman–Crippen MR) is 152 cm³/mol. The quantitative estimate of drug-likeness (QED) is 0.204. The molecule has 3 N–H and O–H groups in total. The largest absolute Gasteiger partial charge is 0.445 e. The molecule has 0 aliphatic carbocycles. The molecular formula is C30H32N2O6S. The van der Waals surface area contributed by atoms with E-state index in [0.29, 0.717) is 17.9 Å². The molecule has 2 amide bonds. The maximum atomic E-state index is 12.0. The van der Waals surface area contributed by atoms with Crippen LogP contribution in [-0.2, 0) is 25.6 Å². The number of carbonyl (C=O) groups excluding carboxylic acids is 2. The third-order valence-electron chi connectivity index (χ3n) is 5.96. The van der Waals surface area contributed by atoms with Gasteiger partial charge in [-0.3, -0.25) is 10.1 Å². The van der Waals surface area contributed by atoms with Crippen molar-refractivity contribution in [1.82, 2.24) is 0 Å². The Balaban J connectivity index is 1.49. The van der Waals surface area contributed by atoms with Gasteiger partial charge in [-0.15, -0.1) is 11.8 Å². The Morgan fingerprint density at radius 1 is 1.03 bits per heavy atom. The Labute approximate surface area is 232 Å². The first-order chi connectivity index (χ1) is 18.9. The average molecular weight is 549 g/mol. The second kappa shape index (κ2) is 14.0. The molecule has 0 aromatic heterocycles. The van der Waals surface area contributed by atoms with Crippen LogP contribution in [0, 0.1) is 0 Å².